The molecule has 5 heterocycles. The number of nitrogens with zero attached hydrogens (tertiary/aromatic N) is 8. The summed E-state index contributed by atoms with van der Waals surface area (Å²) in [4.78, 5) is 62.1. The molecule has 13 nitrogen and oxygen atoms in total. The number of amides is 4. The Morgan fingerprint density at radius 1 is 1.12 bits per heavy atom. The predicted molar refractivity (Wildman–Crippen MR) is 145 cm³/mol. The average Bonchev–Trinajstić information content (AvgIpc) is 3.89. The quantitative estimate of drug-likeness (QED) is 0.325. The second-order valence-corrected chi connectivity index (χ2v) is 10.7. The maximum atomic E-state index is 12.8. The van der Waals surface area contributed by atoms with Crippen LogP contribution in [0.5, 0.6) is 5.88 Å². The molecule has 3 aliphatic rings. The third-order valence-electron chi connectivity index (χ3n) is 7.66. The lowest BCUT2D eigenvalue weighted by Crippen LogP contribution is -2.30. The Hall–Kier alpha value is -4.94. The standard InChI is InChI=1S/C28H27N9O4/c1-15-5-6-29-25(32-15)19-8-20(19)27(39)34-22-9-23(31-14-30-22)41-13-18-11-36-10-17(16-3-4-16)7-21(26(36)33-18)37-12-24(38)35(2)28(37)40/h5-7,9-11,14,16,19-20H,3-4,8,12-13H2,1-2H3,(H,30,31,34,39). The van der Waals surface area contributed by atoms with Crippen molar-refractivity contribution in [3.8, 4) is 5.88 Å². The molecule has 4 amide bonds. The molecule has 13 heteroatoms. The zero-order valence-electron chi connectivity index (χ0n) is 22.5. The zero-order chi connectivity index (χ0) is 28.2. The van der Waals surface area contributed by atoms with Crippen molar-refractivity contribution >= 4 is 35.0 Å². The first kappa shape index (κ1) is 25.1. The van der Waals surface area contributed by atoms with Gasteiger partial charge in [-0.05, 0) is 49.8 Å². The molecule has 2 saturated carbocycles. The molecule has 1 saturated heterocycles. The summed E-state index contributed by atoms with van der Waals surface area (Å²) in [5.74, 6) is 1.13. The normalized spacial score (nSPS) is 20.1. The highest BCUT2D eigenvalue weighted by atomic mass is 16.5. The van der Waals surface area contributed by atoms with Crippen LogP contribution in [0.25, 0.3) is 5.65 Å². The van der Waals surface area contributed by atoms with E-state index in [0.29, 0.717) is 41.0 Å². The summed E-state index contributed by atoms with van der Waals surface area (Å²) in [6.07, 6.45) is 9.78. The molecule has 0 radical (unpaired) electrons. The van der Waals surface area contributed by atoms with Gasteiger partial charge in [-0.25, -0.2) is 29.7 Å². The third-order valence-corrected chi connectivity index (χ3v) is 7.66. The first-order chi connectivity index (χ1) is 19.8. The fourth-order valence-corrected chi connectivity index (χ4v) is 5.12. The van der Waals surface area contributed by atoms with Crippen LogP contribution in [0.2, 0.25) is 0 Å². The number of anilines is 2. The minimum Gasteiger partial charge on any atom is -0.471 e. The molecule has 7 rings (SSSR count). The molecule has 4 aromatic heterocycles. The Bertz CT molecular complexity index is 1720. The molecule has 4 aromatic rings. The van der Waals surface area contributed by atoms with Crippen molar-refractivity contribution in [1.82, 2.24) is 34.2 Å². The fourth-order valence-electron chi connectivity index (χ4n) is 5.12. The number of hydrogen-bond acceptors (Lipinski definition) is 9. The number of likely N-dealkylation sites (N-methyl/N-ethyl adjacent to an activating group) is 1. The van der Waals surface area contributed by atoms with Crippen LogP contribution in [0.15, 0.2) is 43.1 Å². The summed E-state index contributed by atoms with van der Waals surface area (Å²) in [6, 6.07) is 4.99. The van der Waals surface area contributed by atoms with E-state index in [9.17, 15) is 14.4 Å². The number of nitrogens with one attached hydrogen (secondary N) is 1. The van der Waals surface area contributed by atoms with Gasteiger partial charge in [-0.1, -0.05) is 0 Å². The van der Waals surface area contributed by atoms with Crippen LogP contribution >= 0.6 is 0 Å². The summed E-state index contributed by atoms with van der Waals surface area (Å²) in [7, 11) is 1.48. The molecule has 0 aromatic carbocycles. The van der Waals surface area contributed by atoms with Crippen LogP contribution in [0.3, 0.4) is 0 Å². The van der Waals surface area contributed by atoms with Crippen LogP contribution in [0, 0.1) is 12.8 Å². The fraction of sp³-hybridized carbons (Fsp3) is 0.357. The largest absolute Gasteiger partial charge is 0.471 e. The number of urea groups is 1. The van der Waals surface area contributed by atoms with E-state index in [1.54, 1.807) is 12.3 Å². The van der Waals surface area contributed by atoms with Gasteiger partial charge in [-0.2, -0.15) is 0 Å². The number of rotatable bonds is 8. The molecular weight excluding hydrogens is 526 g/mol. The first-order valence-corrected chi connectivity index (χ1v) is 13.5. The van der Waals surface area contributed by atoms with Gasteiger partial charge in [0.1, 0.15) is 31.1 Å². The molecule has 2 aliphatic carbocycles. The summed E-state index contributed by atoms with van der Waals surface area (Å²) < 4.78 is 7.78. The molecule has 0 bridgehead atoms. The number of ether oxygens (including phenoxy) is 1. The van der Waals surface area contributed by atoms with Crippen molar-refractivity contribution < 1.29 is 19.1 Å². The molecule has 1 aliphatic heterocycles. The molecular formula is C28H27N9O4. The van der Waals surface area contributed by atoms with Gasteiger partial charge < -0.3 is 14.5 Å². The van der Waals surface area contributed by atoms with Gasteiger partial charge in [0.05, 0.1) is 11.4 Å². The van der Waals surface area contributed by atoms with Crippen molar-refractivity contribution in [2.24, 2.45) is 5.92 Å². The van der Waals surface area contributed by atoms with Gasteiger partial charge >= 0.3 is 6.03 Å². The van der Waals surface area contributed by atoms with Crippen molar-refractivity contribution in [1.29, 1.82) is 0 Å². The number of imide groups is 1. The highest BCUT2D eigenvalue weighted by Crippen LogP contribution is 2.46. The Morgan fingerprint density at radius 2 is 1.98 bits per heavy atom. The number of carbonyl (C=O) groups is 3. The number of hydrogen-bond donors (Lipinski definition) is 1. The van der Waals surface area contributed by atoms with Crippen LogP contribution in [0.1, 0.15) is 53.9 Å². The molecule has 0 spiro atoms. The predicted octanol–water partition coefficient (Wildman–Crippen LogP) is 2.82. The van der Waals surface area contributed by atoms with E-state index in [-0.39, 0.29) is 48.7 Å². The first-order valence-electron chi connectivity index (χ1n) is 13.5. The maximum absolute atomic E-state index is 12.8. The van der Waals surface area contributed by atoms with Gasteiger partial charge in [0.2, 0.25) is 17.7 Å². The van der Waals surface area contributed by atoms with Crippen molar-refractivity contribution in [2.45, 2.75) is 44.6 Å². The number of imidazole rings is 1. The maximum Gasteiger partial charge on any atom is 0.331 e. The average molecular weight is 554 g/mol. The van der Waals surface area contributed by atoms with Gasteiger partial charge in [0.15, 0.2) is 5.65 Å². The topological polar surface area (TPSA) is 148 Å². The molecule has 1 N–H and O–H groups in total. The summed E-state index contributed by atoms with van der Waals surface area (Å²) in [5, 5.41) is 2.84. The Morgan fingerprint density at radius 3 is 2.73 bits per heavy atom. The summed E-state index contributed by atoms with van der Waals surface area (Å²) in [5.41, 5.74) is 3.77. The lowest BCUT2D eigenvalue weighted by Gasteiger charge is -2.17. The summed E-state index contributed by atoms with van der Waals surface area (Å²) in [6.45, 7) is 1.98. The number of pyridine rings is 1. The van der Waals surface area contributed by atoms with E-state index in [1.807, 2.05) is 35.9 Å². The van der Waals surface area contributed by atoms with Crippen molar-refractivity contribution in [3.05, 3.63) is 65.9 Å². The van der Waals surface area contributed by atoms with Gasteiger partial charge in [-0.3, -0.25) is 19.4 Å². The Balaban J connectivity index is 1.05. The smallest absolute Gasteiger partial charge is 0.331 e. The molecule has 2 unspecified atom stereocenters. The SMILES string of the molecule is Cc1ccnc(C2CC2C(=O)Nc2cc(OCc3cn4cc(C5CC5)cc(N5CC(=O)N(C)C5=O)c4n3)ncn2)n1. The van der Waals surface area contributed by atoms with Gasteiger partial charge in [0.25, 0.3) is 0 Å². The summed E-state index contributed by atoms with van der Waals surface area (Å²) >= 11 is 0. The zero-order valence-corrected chi connectivity index (χ0v) is 22.5. The highest BCUT2D eigenvalue weighted by molar-refractivity contribution is 6.13. The van der Waals surface area contributed by atoms with Crippen LogP contribution < -0.4 is 15.0 Å². The second-order valence-electron chi connectivity index (χ2n) is 10.7. The van der Waals surface area contributed by atoms with E-state index in [0.717, 1.165) is 29.0 Å². The van der Waals surface area contributed by atoms with Crippen LogP contribution in [-0.2, 0) is 16.2 Å². The van der Waals surface area contributed by atoms with E-state index in [2.05, 4.69) is 25.3 Å². The second kappa shape index (κ2) is 9.61. The minimum absolute atomic E-state index is 0.00204. The highest BCUT2D eigenvalue weighted by Gasteiger charge is 2.46. The molecule has 41 heavy (non-hydrogen) atoms. The lowest BCUT2D eigenvalue weighted by molar-refractivity contribution is -0.124. The minimum atomic E-state index is -0.370. The number of carbonyl (C=O) groups excluding carboxylic acids is 3. The number of aromatic nitrogens is 6. The molecule has 208 valence electrons. The Kier molecular flexibility index (Phi) is 5.87. The van der Waals surface area contributed by atoms with Crippen LogP contribution in [0.4, 0.5) is 16.3 Å². The van der Waals surface area contributed by atoms with E-state index in [1.165, 1.54) is 18.3 Å². The van der Waals surface area contributed by atoms with Crippen LogP contribution in [-0.4, -0.2) is 65.7 Å². The lowest BCUT2D eigenvalue weighted by atomic mass is 10.1. The Labute approximate surface area is 234 Å². The van der Waals surface area contributed by atoms with Crippen molar-refractivity contribution in [2.75, 3.05) is 23.8 Å². The van der Waals surface area contributed by atoms with E-state index in [4.69, 9.17) is 9.72 Å². The van der Waals surface area contributed by atoms with Gasteiger partial charge in [0, 0.05) is 49.2 Å². The third kappa shape index (κ3) is 4.83. The van der Waals surface area contributed by atoms with E-state index >= 15 is 0 Å². The number of fused-ring (bicyclic) bond motifs is 1. The monoisotopic (exact) mass is 553 g/mol. The van der Waals surface area contributed by atoms with Gasteiger partial charge in [-0.15, -0.1) is 0 Å². The molecule has 3 fully saturated rings. The van der Waals surface area contributed by atoms with Crippen molar-refractivity contribution in [3.63, 3.8) is 0 Å². The molecule has 2 atom stereocenters. The van der Waals surface area contributed by atoms with E-state index < -0.39 is 0 Å². The number of aryl methyl sites for hydroxylation is 1.